The Kier molecular flexibility index (Phi) is 12.9. The number of hydrogen-bond donors (Lipinski definition) is 4. The Morgan fingerprint density at radius 1 is 1.11 bits per heavy atom. The number of ether oxygens (including phenoxy) is 1. The van der Waals surface area contributed by atoms with Crippen LogP contribution >= 0.6 is 0 Å². The van der Waals surface area contributed by atoms with Gasteiger partial charge < -0.3 is 35.4 Å². The highest BCUT2D eigenvalue weighted by atomic mass is 16.7. The van der Waals surface area contributed by atoms with Crippen LogP contribution in [-0.2, 0) is 16.2 Å². The van der Waals surface area contributed by atoms with E-state index in [4.69, 9.17) is 9.57 Å². The third-order valence-corrected chi connectivity index (χ3v) is 12.9. The molecule has 10 atom stereocenters. The minimum Gasteiger partial charge on any atom is -0.496 e. The maximum absolute atomic E-state index is 14.3. The highest BCUT2D eigenvalue weighted by Crippen LogP contribution is 2.61. The van der Waals surface area contributed by atoms with E-state index < -0.39 is 24.2 Å². The van der Waals surface area contributed by atoms with Gasteiger partial charge in [-0.3, -0.25) is 14.4 Å². The first-order chi connectivity index (χ1) is 25.0. The van der Waals surface area contributed by atoms with Crippen molar-refractivity contribution in [1.82, 2.24) is 20.6 Å². The molecule has 11 nitrogen and oxygen atoms in total. The Morgan fingerprint density at radius 2 is 1.83 bits per heavy atom. The smallest absolute Gasteiger partial charge is 0.251 e. The van der Waals surface area contributed by atoms with Gasteiger partial charge in [-0.1, -0.05) is 59.2 Å². The van der Waals surface area contributed by atoms with Crippen molar-refractivity contribution >= 4 is 17.5 Å². The molecular weight excluding hydrogens is 670 g/mol. The lowest BCUT2D eigenvalue weighted by molar-refractivity contribution is -0.183. The van der Waals surface area contributed by atoms with E-state index in [1.807, 2.05) is 69.5 Å². The summed E-state index contributed by atoms with van der Waals surface area (Å²) in [5.74, 6) is 1.40. The van der Waals surface area contributed by atoms with Gasteiger partial charge in [-0.25, -0.2) is 0 Å². The summed E-state index contributed by atoms with van der Waals surface area (Å²) in [6.45, 7) is 13.4. The standard InChI is InChI=1S/C42H65N5O6/c1-12-24(2)35(22-45(7)8)44-40(50)29-16-28(17-31(18-29)46(9)10)32-15-13-14-27(39(32)52-11)21-47-38(37(26(4)49)36(23-48)53-47)41(51)43-34-20-30-19-33(25(34)3)42(30,5)6/h13-18,24-26,30,33-38,48-49H,12,19-23H2,1-11H3,(H,43,51)(H,44,50)/t24-,25-,26-,30?,33-,34-,35+,36-,37+,38-/m0/s1. The fourth-order valence-corrected chi connectivity index (χ4v) is 9.28. The molecule has 3 saturated carbocycles. The third kappa shape index (κ3) is 8.39. The van der Waals surface area contributed by atoms with E-state index in [-0.39, 0.29) is 42.5 Å². The predicted octanol–water partition coefficient (Wildman–Crippen LogP) is 4.79. The zero-order valence-electron chi connectivity index (χ0n) is 33.8. The molecule has 2 amide bonds. The Balaban J connectivity index is 1.45. The van der Waals surface area contributed by atoms with Crippen LogP contribution in [0.4, 0.5) is 5.69 Å². The number of likely N-dealkylation sites (N-methyl/N-ethyl adjacent to an activating group) is 1. The predicted molar refractivity (Wildman–Crippen MR) is 210 cm³/mol. The van der Waals surface area contributed by atoms with Crippen molar-refractivity contribution in [3.63, 3.8) is 0 Å². The molecule has 1 heterocycles. The van der Waals surface area contributed by atoms with E-state index >= 15 is 0 Å². The molecule has 1 aliphatic heterocycles. The lowest BCUT2D eigenvalue weighted by atomic mass is 9.45. The first-order valence-corrected chi connectivity index (χ1v) is 19.5. The summed E-state index contributed by atoms with van der Waals surface area (Å²) >= 11 is 0. The van der Waals surface area contributed by atoms with Crippen LogP contribution < -0.4 is 20.3 Å². The number of hydrogen-bond acceptors (Lipinski definition) is 9. The van der Waals surface area contributed by atoms with Crippen LogP contribution in [0.5, 0.6) is 5.75 Å². The van der Waals surface area contributed by atoms with Crippen LogP contribution in [0, 0.1) is 35.0 Å². The first kappa shape index (κ1) is 41.0. The van der Waals surface area contributed by atoms with E-state index in [1.54, 1.807) is 19.1 Å². The Morgan fingerprint density at radius 3 is 2.40 bits per heavy atom. The molecule has 11 heteroatoms. The lowest BCUT2D eigenvalue weighted by Crippen LogP contribution is -2.62. The number of para-hydroxylation sites is 1. The minimum absolute atomic E-state index is 0.00972. The summed E-state index contributed by atoms with van der Waals surface area (Å²) < 4.78 is 6.09. The maximum atomic E-state index is 14.3. The van der Waals surface area contributed by atoms with Crippen molar-refractivity contribution < 1.29 is 29.4 Å². The van der Waals surface area contributed by atoms with Gasteiger partial charge in [-0.15, -0.1) is 0 Å². The number of fused-ring (bicyclic) bond motifs is 2. The number of nitrogens with one attached hydrogen (secondary N) is 2. The molecule has 0 aromatic heterocycles. The van der Waals surface area contributed by atoms with Crippen LogP contribution in [-0.4, -0.2) is 111 Å². The molecule has 0 radical (unpaired) electrons. The Hall–Kier alpha value is -3.22. The van der Waals surface area contributed by atoms with Gasteiger partial charge in [0.25, 0.3) is 5.91 Å². The Labute approximate surface area is 317 Å². The number of amides is 2. The summed E-state index contributed by atoms with van der Waals surface area (Å²) in [7, 11) is 9.55. The molecular formula is C42H65N5O6. The van der Waals surface area contributed by atoms with Crippen molar-refractivity contribution in [1.29, 1.82) is 0 Å². The average molecular weight is 736 g/mol. The number of aliphatic hydroxyl groups excluding tert-OH is 2. The summed E-state index contributed by atoms with van der Waals surface area (Å²) in [4.78, 5) is 38.5. The van der Waals surface area contributed by atoms with Gasteiger partial charge in [0, 0.05) is 61.0 Å². The van der Waals surface area contributed by atoms with Crippen LogP contribution in [0.2, 0.25) is 0 Å². The molecule has 1 unspecified atom stereocenters. The number of benzene rings is 2. The molecule has 4 aliphatic rings. The normalized spacial score (nSPS) is 28.2. The fourth-order valence-electron chi connectivity index (χ4n) is 9.28. The SMILES string of the molecule is CC[C@H](C)[C@@H](CN(C)C)NC(=O)c1cc(-c2cccc(CN3O[C@@H](CO)[C@@H]([C@H](C)O)[C@H]3C(=O)N[C@H]3CC4C[C@@H]([C@@H]3C)C4(C)C)c2OC)cc(N(C)C)c1. The van der Waals surface area contributed by atoms with E-state index in [2.05, 4.69) is 50.2 Å². The molecule has 4 N–H and O–H groups in total. The monoisotopic (exact) mass is 735 g/mol. The number of methoxy groups -OCH3 is 1. The maximum Gasteiger partial charge on any atom is 0.251 e. The van der Waals surface area contributed by atoms with Crippen LogP contribution in [0.1, 0.15) is 76.7 Å². The number of anilines is 1. The summed E-state index contributed by atoms with van der Waals surface area (Å²) in [6.07, 6.45) is 1.44. The molecule has 53 heavy (non-hydrogen) atoms. The molecule has 2 aromatic rings. The molecule has 294 valence electrons. The quantitative estimate of drug-likeness (QED) is 0.204. The second-order valence-corrected chi connectivity index (χ2v) is 17.1. The number of rotatable bonds is 15. The van der Waals surface area contributed by atoms with Gasteiger partial charge in [-0.05, 0) is 86.7 Å². The first-order valence-electron chi connectivity index (χ1n) is 19.5. The van der Waals surface area contributed by atoms with Crippen LogP contribution in [0.15, 0.2) is 36.4 Å². The van der Waals surface area contributed by atoms with Gasteiger partial charge in [0.1, 0.15) is 17.9 Å². The largest absolute Gasteiger partial charge is 0.496 e. The van der Waals surface area contributed by atoms with Crippen LogP contribution in [0.3, 0.4) is 0 Å². The zero-order valence-corrected chi connectivity index (χ0v) is 33.8. The van der Waals surface area contributed by atoms with Crippen molar-refractivity contribution in [3.05, 3.63) is 47.5 Å². The van der Waals surface area contributed by atoms with Gasteiger partial charge in [-0.2, -0.15) is 5.06 Å². The van der Waals surface area contributed by atoms with E-state index in [1.165, 1.54) is 6.42 Å². The second kappa shape index (κ2) is 16.7. The molecule has 1 saturated heterocycles. The van der Waals surface area contributed by atoms with Crippen molar-refractivity contribution in [2.45, 2.75) is 97.7 Å². The van der Waals surface area contributed by atoms with E-state index in [0.29, 0.717) is 35.0 Å². The Bertz CT molecular complexity index is 1600. The summed E-state index contributed by atoms with van der Waals surface area (Å²) in [5.41, 5.74) is 4.08. The topological polar surface area (TPSA) is 127 Å². The number of carbonyl (C=O) groups excluding carboxylic acids is 2. The summed E-state index contributed by atoms with van der Waals surface area (Å²) in [5, 5.41) is 29.6. The summed E-state index contributed by atoms with van der Waals surface area (Å²) in [6, 6.07) is 10.9. The van der Waals surface area contributed by atoms with Gasteiger partial charge in [0.05, 0.1) is 26.4 Å². The van der Waals surface area contributed by atoms with E-state index in [0.717, 1.165) is 41.8 Å². The fraction of sp³-hybridized carbons (Fsp3) is 0.667. The zero-order chi connectivity index (χ0) is 38.9. The average Bonchev–Trinajstić information content (AvgIpc) is 3.49. The highest BCUT2D eigenvalue weighted by molar-refractivity contribution is 5.97. The highest BCUT2D eigenvalue weighted by Gasteiger charge is 2.57. The number of nitrogens with zero attached hydrogens (tertiary/aromatic N) is 3. The van der Waals surface area contributed by atoms with Crippen molar-refractivity contribution in [2.24, 2.45) is 35.0 Å². The van der Waals surface area contributed by atoms with Crippen molar-refractivity contribution in [2.75, 3.05) is 53.4 Å². The molecule has 0 spiro atoms. The van der Waals surface area contributed by atoms with Crippen molar-refractivity contribution in [3.8, 4) is 16.9 Å². The molecule has 4 fully saturated rings. The second-order valence-electron chi connectivity index (χ2n) is 17.1. The van der Waals surface area contributed by atoms with Gasteiger partial charge in [0.15, 0.2) is 0 Å². The van der Waals surface area contributed by atoms with Gasteiger partial charge in [0.2, 0.25) is 5.91 Å². The molecule has 2 aromatic carbocycles. The third-order valence-electron chi connectivity index (χ3n) is 12.9. The minimum atomic E-state index is -0.895. The number of hydroxylamine groups is 2. The number of aliphatic hydroxyl groups is 2. The lowest BCUT2D eigenvalue weighted by Gasteiger charge is -2.62. The molecule has 2 bridgehead atoms. The molecule has 6 rings (SSSR count). The van der Waals surface area contributed by atoms with E-state index in [9.17, 15) is 19.8 Å². The number of carbonyl (C=O) groups is 2. The molecule has 3 aliphatic carbocycles. The van der Waals surface area contributed by atoms with Crippen LogP contribution in [0.25, 0.3) is 11.1 Å². The van der Waals surface area contributed by atoms with Gasteiger partial charge >= 0.3 is 0 Å².